The molecule has 8 heteroatoms. The van der Waals surface area contributed by atoms with Crippen LogP contribution < -0.4 is 0 Å². The molecule has 2 saturated carbocycles. The summed E-state index contributed by atoms with van der Waals surface area (Å²) >= 11 is 0. The summed E-state index contributed by atoms with van der Waals surface area (Å²) in [7, 11) is 0. The smallest absolute Gasteiger partial charge is 0.294 e. The zero-order valence-electron chi connectivity index (χ0n) is 9.52. The first kappa shape index (κ1) is 11.9. The second-order valence-corrected chi connectivity index (χ2v) is 4.87. The molecule has 0 N–H and O–H groups in total. The predicted octanol–water partition coefficient (Wildman–Crippen LogP) is 1.06. The van der Waals surface area contributed by atoms with Crippen molar-refractivity contribution in [3.63, 3.8) is 0 Å². The van der Waals surface area contributed by atoms with E-state index in [0.717, 1.165) is 0 Å². The van der Waals surface area contributed by atoms with Gasteiger partial charge in [0.15, 0.2) is 0 Å². The van der Waals surface area contributed by atoms with Gasteiger partial charge in [0.25, 0.3) is 10.2 Å². The van der Waals surface area contributed by atoms with Gasteiger partial charge in [0.05, 0.1) is 0 Å². The van der Waals surface area contributed by atoms with Crippen LogP contribution in [0.1, 0.15) is 20.3 Å². The van der Waals surface area contributed by atoms with Gasteiger partial charge in [-0.2, -0.15) is 0 Å². The molecule has 0 amide bonds. The van der Waals surface area contributed by atoms with Crippen molar-refractivity contribution >= 4 is 0 Å². The monoisotopic (exact) mass is 246 g/mol. The van der Waals surface area contributed by atoms with E-state index in [0.29, 0.717) is 6.42 Å². The van der Waals surface area contributed by atoms with Crippen molar-refractivity contribution in [3.05, 3.63) is 20.2 Å². The van der Waals surface area contributed by atoms with Crippen LogP contribution in [0, 0.1) is 43.9 Å². The molecule has 2 aliphatic rings. The average Bonchev–Trinajstić information content (AvgIpc) is 2.98. The quantitative estimate of drug-likeness (QED) is 0.542. The zero-order chi connectivity index (χ0) is 12.7. The lowest BCUT2D eigenvalue weighted by atomic mass is 9.77. The fourth-order valence-corrected chi connectivity index (χ4v) is 2.92. The summed E-state index contributed by atoms with van der Waals surface area (Å²) < 4.78 is 0. The molecular formula is C9H14N2O6. The highest BCUT2D eigenvalue weighted by molar-refractivity contribution is 5.05. The highest BCUT2D eigenvalue weighted by Gasteiger charge is 2.59. The van der Waals surface area contributed by atoms with Crippen LogP contribution in [-0.2, 0) is 9.68 Å². The van der Waals surface area contributed by atoms with Crippen LogP contribution in [0.15, 0.2) is 0 Å². The second-order valence-electron chi connectivity index (χ2n) is 4.87. The first-order valence-electron chi connectivity index (χ1n) is 5.54. The molecule has 0 spiro atoms. The molecule has 2 aliphatic carbocycles. The Morgan fingerprint density at radius 2 is 1.29 bits per heavy atom. The van der Waals surface area contributed by atoms with Crippen molar-refractivity contribution in [1.29, 1.82) is 0 Å². The molecule has 17 heavy (non-hydrogen) atoms. The fourth-order valence-electron chi connectivity index (χ4n) is 2.92. The molecule has 0 aromatic rings. The molecule has 0 aliphatic heterocycles. The molecule has 2 fully saturated rings. The van der Waals surface area contributed by atoms with E-state index in [4.69, 9.17) is 0 Å². The Morgan fingerprint density at radius 3 is 1.59 bits per heavy atom. The van der Waals surface area contributed by atoms with Gasteiger partial charge in [0.2, 0.25) is 0 Å². The van der Waals surface area contributed by atoms with E-state index < -0.39 is 22.4 Å². The van der Waals surface area contributed by atoms with Crippen LogP contribution in [0.2, 0.25) is 0 Å². The maximum absolute atomic E-state index is 10.4. The summed E-state index contributed by atoms with van der Waals surface area (Å²) in [6.07, 6.45) is -0.223. The third-order valence-electron chi connectivity index (χ3n) is 4.02. The number of fused-ring (bicyclic) bond motifs is 1. The third-order valence-corrected chi connectivity index (χ3v) is 4.02. The number of rotatable bonds is 4. The highest BCUT2D eigenvalue weighted by atomic mass is 17.0. The molecule has 2 rings (SSSR count). The van der Waals surface area contributed by atoms with Gasteiger partial charge in [0, 0.05) is 0 Å². The van der Waals surface area contributed by atoms with Gasteiger partial charge in [-0.05, 0) is 30.1 Å². The van der Waals surface area contributed by atoms with Crippen molar-refractivity contribution in [2.45, 2.75) is 32.5 Å². The molecule has 0 bridgehead atoms. The lowest BCUT2D eigenvalue weighted by Crippen LogP contribution is -2.44. The molecule has 0 radical (unpaired) electrons. The lowest BCUT2D eigenvalue weighted by molar-refractivity contribution is -0.780. The van der Waals surface area contributed by atoms with Crippen LogP contribution in [0.3, 0.4) is 0 Å². The molecule has 0 heterocycles. The third kappa shape index (κ3) is 2.11. The largest absolute Gasteiger partial charge is 0.310 e. The van der Waals surface area contributed by atoms with Crippen molar-refractivity contribution in [1.82, 2.24) is 0 Å². The van der Waals surface area contributed by atoms with Crippen LogP contribution in [0.25, 0.3) is 0 Å². The van der Waals surface area contributed by atoms with E-state index in [-0.39, 0.29) is 23.7 Å². The topological polar surface area (TPSA) is 105 Å². The second kappa shape index (κ2) is 4.01. The van der Waals surface area contributed by atoms with Crippen molar-refractivity contribution in [2.24, 2.45) is 23.7 Å². The van der Waals surface area contributed by atoms with Crippen molar-refractivity contribution in [2.75, 3.05) is 0 Å². The predicted molar refractivity (Wildman–Crippen MR) is 53.7 cm³/mol. The van der Waals surface area contributed by atoms with Gasteiger partial charge in [-0.1, -0.05) is 13.8 Å². The van der Waals surface area contributed by atoms with E-state index in [9.17, 15) is 20.2 Å². The van der Waals surface area contributed by atoms with E-state index in [1.807, 2.05) is 13.8 Å². The normalized spacial score (nSPS) is 43.4. The van der Waals surface area contributed by atoms with Crippen LogP contribution in [0.5, 0.6) is 0 Å². The van der Waals surface area contributed by atoms with Crippen molar-refractivity contribution in [3.8, 4) is 0 Å². The number of hydrogen-bond donors (Lipinski definition) is 0. The van der Waals surface area contributed by atoms with Crippen LogP contribution >= 0.6 is 0 Å². The van der Waals surface area contributed by atoms with Crippen LogP contribution in [0.4, 0.5) is 0 Å². The molecule has 0 aromatic carbocycles. The molecule has 96 valence electrons. The highest BCUT2D eigenvalue weighted by Crippen LogP contribution is 2.55. The van der Waals surface area contributed by atoms with E-state index >= 15 is 0 Å². The first-order chi connectivity index (χ1) is 7.91. The minimum absolute atomic E-state index is 0.0107. The Labute approximate surface area is 97.1 Å². The van der Waals surface area contributed by atoms with Gasteiger partial charge < -0.3 is 9.68 Å². The minimum atomic E-state index is -0.780. The zero-order valence-corrected chi connectivity index (χ0v) is 9.52. The Morgan fingerprint density at radius 1 is 0.941 bits per heavy atom. The lowest BCUT2D eigenvalue weighted by Gasteiger charge is -2.36. The Kier molecular flexibility index (Phi) is 2.80. The maximum Gasteiger partial charge on any atom is 0.294 e. The first-order valence-corrected chi connectivity index (χ1v) is 5.54. The van der Waals surface area contributed by atoms with E-state index in [1.54, 1.807) is 0 Å². The fraction of sp³-hybridized carbons (Fsp3) is 1.00. The Hall–Kier alpha value is -1.60. The van der Waals surface area contributed by atoms with Gasteiger partial charge in [-0.25, -0.2) is 0 Å². The Balaban J connectivity index is 2.07. The Bertz CT molecular complexity index is 316. The molecule has 6 atom stereocenters. The standard InChI is InChI=1S/C9H14N2O6/c1-4-5(2)9(17-11(14)15)7-3-6(7)8(4)16-10(12)13/h4-9H,3H2,1-2H3. The minimum Gasteiger partial charge on any atom is -0.310 e. The van der Waals surface area contributed by atoms with Gasteiger partial charge in [0.1, 0.15) is 12.2 Å². The molecule has 8 nitrogen and oxygen atoms in total. The average molecular weight is 246 g/mol. The molecular weight excluding hydrogens is 232 g/mol. The van der Waals surface area contributed by atoms with Crippen LogP contribution in [-0.4, -0.2) is 22.4 Å². The maximum atomic E-state index is 10.4. The summed E-state index contributed by atoms with van der Waals surface area (Å²) in [5.74, 6) is -0.240. The number of nitrogens with zero attached hydrogens (tertiary/aromatic N) is 2. The van der Waals surface area contributed by atoms with E-state index in [1.165, 1.54) is 0 Å². The molecule has 6 unspecified atom stereocenters. The summed E-state index contributed by atoms with van der Waals surface area (Å²) in [5, 5.41) is 19.2. The summed E-state index contributed by atoms with van der Waals surface area (Å²) in [4.78, 5) is 30.1. The van der Waals surface area contributed by atoms with Crippen molar-refractivity contribution < 1.29 is 19.8 Å². The summed E-state index contributed by atoms with van der Waals surface area (Å²) in [5.41, 5.74) is 0. The molecule has 0 aromatic heterocycles. The number of hydrogen-bond acceptors (Lipinski definition) is 6. The summed E-state index contributed by atoms with van der Waals surface area (Å²) in [6, 6.07) is 0. The van der Waals surface area contributed by atoms with Gasteiger partial charge in [-0.3, -0.25) is 0 Å². The van der Waals surface area contributed by atoms with E-state index in [2.05, 4.69) is 9.68 Å². The SMILES string of the molecule is CC1C(C)C(O[N+](=O)[O-])C2CC2C1O[N+](=O)[O-]. The molecule has 0 saturated heterocycles. The van der Waals surface area contributed by atoms with Gasteiger partial charge in [-0.15, -0.1) is 20.2 Å². The summed E-state index contributed by atoms with van der Waals surface area (Å²) in [6.45, 7) is 3.62. The van der Waals surface area contributed by atoms with Gasteiger partial charge >= 0.3 is 0 Å².